The lowest BCUT2D eigenvalue weighted by Crippen LogP contribution is -2.44. The molecule has 1 amide bonds. The molecule has 0 aromatic carbocycles. The van der Waals surface area contributed by atoms with Crippen LogP contribution in [0, 0.1) is 0 Å². The average molecular weight is 230 g/mol. The minimum Gasteiger partial charge on any atom is -0.389 e. The standard InChI is InChI=1S/C12H26N2O2/c1-5-7-10(3)14-11(15)8-13-9-12(4,16)6-2/h10,13,16H,5-9H2,1-4H3,(H,14,15). The third-order valence-electron chi connectivity index (χ3n) is 2.68. The molecule has 0 aromatic rings. The van der Waals surface area contributed by atoms with Gasteiger partial charge in [-0.1, -0.05) is 20.3 Å². The van der Waals surface area contributed by atoms with Gasteiger partial charge in [0.15, 0.2) is 0 Å². The van der Waals surface area contributed by atoms with Gasteiger partial charge in [0.25, 0.3) is 0 Å². The maximum atomic E-state index is 11.4. The van der Waals surface area contributed by atoms with Gasteiger partial charge in [-0.15, -0.1) is 0 Å². The van der Waals surface area contributed by atoms with Crippen LogP contribution in [0.5, 0.6) is 0 Å². The summed E-state index contributed by atoms with van der Waals surface area (Å²) in [7, 11) is 0. The summed E-state index contributed by atoms with van der Waals surface area (Å²) in [6, 6.07) is 0.228. The van der Waals surface area contributed by atoms with Crippen molar-refractivity contribution in [3.8, 4) is 0 Å². The average Bonchev–Trinajstić information content (AvgIpc) is 2.17. The Morgan fingerprint density at radius 1 is 1.44 bits per heavy atom. The van der Waals surface area contributed by atoms with Gasteiger partial charge < -0.3 is 15.7 Å². The van der Waals surface area contributed by atoms with Crippen LogP contribution in [0.4, 0.5) is 0 Å². The van der Waals surface area contributed by atoms with E-state index in [0.29, 0.717) is 13.0 Å². The van der Waals surface area contributed by atoms with Gasteiger partial charge >= 0.3 is 0 Å². The third kappa shape index (κ3) is 7.65. The second kappa shape index (κ2) is 7.63. The van der Waals surface area contributed by atoms with Crippen molar-refractivity contribution in [2.75, 3.05) is 13.1 Å². The minimum atomic E-state index is -0.727. The van der Waals surface area contributed by atoms with Crippen molar-refractivity contribution in [3.63, 3.8) is 0 Å². The van der Waals surface area contributed by atoms with Crippen LogP contribution in [0.2, 0.25) is 0 Å². The van der Waals surface area contributed by atoms with Crippen LogP contribution in [0.25, 0.3) is 0 Å². The highest BCUT2D eigenvalue weighted by Crippen LogP contribution is 2.05. The summed E-state index contributed by atoms with van der Waals surface area (Å²) < 4.78 is 0. The maximum absolute atomic E-state index is 11.4. The molecule has 0 aromatic heterocycles. The van der Waals surface area contributed by atoms with E-state index in [2.05, 4.69) is 17.6 Å². The molecule has 0 spiro atoms. The number of amides is 1. The number of hydrogen-bond acceptors (Lipinski definition) is 3. The number of aliphatic hydroxyl groups is 1. The van der Waals surface area contributed by atoms with E-state index in [1.165, 1.54) is 0 Å². The fourth-order valence-corrected chi connectivity index (χ4v) is 1.40. The molecule has 3 N–H and O–H groups in total. The zero-order valence-corrected chi connectivity index (χ0v) is 11.0. The highest BCUT2D eigenvalue weighted by Gasteiger charge is 2.17. The van der Waals surface area contributed by atoms with E-state index in [4.69, 9.17) is 0 Å². The van der Waals surface area contributed by atoms with Gasteiger partial charge in [-0.05, 0) is 26.7 Å². The molecule has 0 saturated heterocycles. The normalized spacial score (nSPS) is 16.6. The Balaban J connectivity index is 3.66. The van der Waals surface area contributed by atoms with Crippen LogP contribution in [-0.4, -0.2) is 35.7 Å². The van der Waals surface area contributed by atoms with Crippen molar-refractivity contribution >= 4 is 5.91 Å². The number of rotatable bonds is 8. The molecule has 2 unspecified atom stereocenters. The lowest BCUT2D eigenvalue weighted by molar-refractivity contribution is -0.121. The molecule has 0 rings (SSSR count). The van der Waals surface area contributed by atoms with Crippen molar-refractivity contribution in [3.05, 3.63) is 0 Å². The molecule has 0 aliphatic heterocycles. The van der Waals surface area contributed by atoms with Crippen LogP contribution in [-0.2, 0) is 4.79 Å². The zero-order chi connectivity index (χ0) is 12.6. The molecular weight excluding hydrogens is 204 g/mol. The van der Waals surface area contributed by atoms with E-state index in [1.807, 2.05) is 13.8 Å². The van der Waals surface area contributed by atoms with E-state index < -0.39 is 5.60 Å². The molecule has 0 bridgehead atoms. The largest absolute Gasteiger partial charge is 0.389 e. The second-order valence-corrected chi connectivity index (χ2v) is 4.71. The predicted octanol–water partition coefficient (Wildman–Crippen LogP) is 1.04. The summed E-state index contributed by atoms with van der Waals surface area (Å²) in [5.41, 5.74) is -0.727. The fraction of sp³-hybridized carbons (Fsp3) is 0.917. The first-order valence-electron chi connectivity index (χ1n) is 6.13. The van der Waals surface area contributed by atoms with Crippen LogP contribution in [0.1, 0.15) is 47.0 Å². The molecule has 16 heavy (non-hydrogen) atoms. The summed E-state index contributed by atoms with van der Waals surface area (Å²) >= 11 is 0. The lowest BCUT2D eigenvalue weighted by atomic mass is 10.0. The predicted molar refractivity (Wildman–Crippen MR) is 66.3 cm³/mol. The summed E-state index contributed by atoms with van der Waals surface area (Å²) in [5, 5.41) is 15.6. The van der Waals surface area contributed by atoms with Crippen LogP contribution >= 0.6 is 0 Å². The highest BCUT2D eigenvalue weighted by atomic mass is 16.3. The molecule has 0 heterocycles. The maximum Gasteiger partial charge on any atom is 0.234 e. The highest BCUT2D eigenvalue weighted by molar-refractivity contribution is 5.78. The van der Waals surface area contributed by atoms with E-state index >= 15 is 0 Å². The Morgan fingerprint density at radius 2 is 2.06 bits per heavy atom. The minimum absolute atomic E-state index is 0.00662. The Morgan fingerprint density at radius 3 is 2.56 bits per heavy atom. The molecule has 0 fully saturated rings. The van der Waals surface area contributed by atoms with Crippen molar-refractivity contribution in [2.45, 2.75) is 58.6 Å². The molecule has 0 saturated carbocycles. The molecule has 4 nitrogen and oxygen atoms in total. The van der Waals surface area contributed by atoms with Gasteiger partial charge in [-0.25, -0.2) is 0 Å². The Kier molecular flexibility index (Phi) is 7.34. The third-order valence-corrected chi connectivity index (χ3v) is 2.68. The number of carbonyl (C=O) groups excluding carboxylic acids is 1. The van der Waals surface area contributed by atoms with Gasteiger partial charge in [0.2, 0.25) is 5.91 Å². The summed E-state index contributed by atoms with van der Waals surface area (Å²) in [5.74, 6) is -0.00662. The van der Waals surface area contributed by atoms with E-state index in [9.17, 15) is 9.90 Å². The zero-order valence-electron chi connectivity index (χ0n) is 11.0. The summed E-state index contributed by atoms with van der Waals surface area (Å²) in [6.07, 6.45) is 2.74. The molecule has 0 aliphatic rings. The second-order valence-electron chi connectivity index (χ2n) is 4.71. The number of carbonyl (C=O) groups is 1. The Labute approximate surface area is 98.8 Å². The van der Waals surface area contributed by atoms with Crippen molar-refractivity contribution < 1.29 is 9.90 Å². The van der Waals surface area contributed by atoms with Crippen LogP contribution in [0.3, 0.4) is 0 Å². The molecular formula is C12H26N2O2. The van der Waals surface area contributed by atoms with Crippen molar-refractivity contribution in [2.24, 2.45) is 0 Å². The Bertz CT molecular complexity index is 205. The van der Waals surface area contributed by atoms with Gasteiger partial charge in [0.05, 0.1) is 12.1 Å². The lowest BCUT2D eigenvalue weighted by Gasteiger charge is -2.21. The van der Waals surface area contributed by atoms with Gasteiger partial charge in [-0.3, -0.25) is 4.79 Å². The molecule has 4 heteroatoms. The molecule has 0 aliphatic carbocycles. The quantitative estimate of drug-likeness (QED) is 0.584. The van der Waals surface area contributed by atoms with Gasteiger partial charge in [-0.2, -0.15) is 0 Å². The summed E-state index contributed by atoms with van der Waals surface area (Å²) in [4.78, 5) is 11.4. The first kappa shape index (κ1) is 15.4. The molecule has 2 atom stereocenters. The Hall–Kier alpha value is -0.610. The van der Waals surface area contributed by atoms with E-state index in [-0.39, 0.29) is 18.5 Å². The number of hydrogen-bond donors (Lipinski definition) is 3. The van der Waals surface area contributed by atoms with Crippen LogP contribution in [0.15, 0.2) is 0 Å². The van der Waals surface area contributed by atoms with E-state index in [0.717, 1.165) is 12.8 Å². The molecule has 96 valence electrons. The van der Waals surface area contributed by atoms with Crippen LogP contribution < -0.4 is 10.6 Å². The smallest absolute Gasteiger partial charge is 0.234 e. The number of nitrogens with one attached hydrogen (secondary N) is 2. The van der Waals surface area contributed by atoms with Gasteiger partial charge in [0.1, 0.15) is 0 Å². The first-order valence-corrected chi connectivity index (χ1v) is 6.13. The summed E-state index contributed by atoms with van der Waals surface area (Å²) in [6.45, 7) is 8.49. The monoisotopic (exact) mass is 230 g/mol. The van der Waals surface area contributed by atoms with Gasteiger partial charge in [0, 0.05) is 12.6 Å². The van der Waals surface area contributed by atoms with E-state index in [1.54, 1.807) is 6.92 Å². The van der Waals surface area contributed by atoms with Crippen molar-refractivity contribution in [1.82, 2.24) is 10.6 Å². The SMILES string of the molecule is CCCC(C)NC(=O)CNCC(C)(O)CC. The fourth-order valence-electron chi connectivity index (χ4n) is 1.40. The van der Waals surface area contributed by atoms with Crippen molar-refractivity contribution in [1.29, 1.82) is 0 Å². The topological polar surface area (TPSA) is 61.4 Å². The first-order chi connectivity index (χ1) is 7.41. The molecule has 0 radical (unpaired) electrons.